The van der Waals surface area contributed by atoms with Gasteiger partial charge < -0.3 is 4.42 Å². The van der Waals surface area contributed by atoms with Gasteiger partial charge in [-0.25, -0.2) is 0 Å². The van der Waals surface area contributed by atoms with Crippen LogP contribution in [0.25, 0.3) is 16.8 Å². The van der Waals surface area contributed by atoms with E-state index in [9.17, 15) is 9.59 Å². The van der Waals surface area contributed by atoms with Crippen LogP contribution in [0.1, 0.15) is 19.3 Å². The Kier molecular flexibility index (Phi) is 3.18. The van der Waals surface area contributed by atoms with E-state index in [1.54, 1.807) is 0 Å². The maximum atomic E-state index is 12.2. The van der Waals surface area contributed by atoms with E-state index in [4.69, 9.17) is 4.42 Å². The molecule has 0 spiro atoms. The summed E-state index contributed by atoms with van der Waals surface area (Å²) in [7, 11) is 0. The number of fused-ring (bicyclic) bond motifs is 1. The maximum Gasteiger partial charge on any atom is 0.309 e. The molecule has 4 rings (SSSR count). The third-order valence-corrected chi connectivity index (χ3v) is 3.90. The molecule has 23 heavy (non-hydrogen) atoms. The highest BCUT2D eigenvalue weighted by molar-refractivity contribution is 5.92. The fourth-order valence-corrected chi connectivity index (χ4v) is 2.72. The molecule has 1 aliphatic heterocycles. The van der Waals surface area contributed by atoms with E-state index < -0.39 is 5.56 Å². The molecule has 0 N–H and O–H groups in total. The number of carbonyl (C=O) groups is 1. The second-order valence-corrected chi connectivity index (χ2v) is 5.41. The van der Waals surface area contributed by atoms with E-state index in [0.29, 0.717) is 24.1 Å². The summed E-state index contributed by atoms with van der Waals surface area (Å²) in [4.78, 5) is 29.6. The summed E-state index contributed by atoms with van der Waals surface area (Å²) in [6, 6.07) is 9.40. The Balaban J connectivity index is 1.89. The molecule has 1 fully saturated rings. The molecule has 0 bridgehead atoms. The zero-order chi connectivity index (χ0) is 15.8. The number of rotatable bonds is 2. The van der Waals surface area contributed by atoms with Crippen LogP contribution in [0.5, 0.6) is 0 Å². The molecule has 0 radical (unpaired) electrons. The summed E-state index contributed by atoms with van der Waals surface area (Å²) in [5.41, 5.74) is 0.624. The Labute approximate surface area is 131 Å². The van der Waals surface area contributed by atoms with Crippen molar-refractivity contribution in [3.8, 4) is 5.69 Å². The number of hydrogen-bond acceptors (Lipinski definition) is 5. The molecule has 1 saturated heterocycles. The Bertz CT molecular complexity index is 929. The van der Waals surface area contributed by atoms with Crippen molar-refractivity contribution in [3.05, 3.63) is 46.9 Å². The minimum absolute atomic E-state index is 0.0462. The number of amides is 1. The molecular weight excluding hydrogens is 296 g/mol. The first-order valence-corrected chi connectivity index (χ1v) is 7.49. The van der Waals surface area contributed by atoms with E-state index in [2.05, 4.69) is 10.1 Å². The maximum absolute atomic E-state index is 12.2. The largest absolute Gasteiger partial charge is 0.405 e. The van der Waals surface area contributed by atoms with Gasteiger partial charge in [-0.05, 0) is 25.0 Å². The van der Waals surface area contributed by atoms with Gasteiger partial charge in [0.1, 0.15) is 5.39 Å². The molecule has 3 heterocycles. The SMILES string of the molecule is O=C1CCCCN1c1nc(=O)c2cnn(-c3ccccc3)c2o1. The van der Waals surface area contributed by atoms with Gasteiger partial charge in [-0.15, -0.1) is 0 Å². The number of nitrogens with zero attached hydrogens (tertiary/aromatic N) is 4. The Morgan fingerprint density at radius 3 is 2.70 bits per heavy atom. The van der Waals surface area contributed by atoms with Crippen molar-refractivity contribution in [1.82, 2.24) is 14.8 Å². The van der Waals surface area contributed by atoms with E-state index in [-0.39, 0.29) is 11.9 Å². The zero-order valence-electron chi connectivity index (χ0n) is 12.3. The molecule has 7 nitrogen and oxygen atoms in total. The molecule has 7 heteroatoms. The zero-order valence-corrected chi connectivity index (χ0v) is 12.3. The molecule has 0 saturated carbocycles. The smallest absolute Gasteiger partial charge is 0.309 e. The van der Waals surface area contributed by atoms with Crippen LogP contribution in [0.15, 0.2) is 45.7 Å². The van der Waals surface area contributed by atoms with Crippen molar-refractivity contribution in [2.24, 2.45) is 0 Å². The van der Waals surface area contributed by atoms with Crippen LogP contribution in [0, 0.1) is 0 Å². The van der Waals surface area contributed by atoms with E-state index in [1.165, 1.54) is 15.8 Å². The Hall–Kier alpha value is -2.96. The average molecular weight is 310 g/mol. The van der Waals surface area contributed by atoms with Crippen LogP contribution in [0.3, 0.4) is 0 Å². The summed E-state index contributed by atoms with van der Waals surface area (Å²) in [6.07, 6.45) is 3.60. The number of carbonyl (C=O) groups excluding carboxylic acids is 1. The first-order chi connectivity index (χ1) is 11.2. The monoisotopic (exact) mass is 310 g/mol. The molecule has 1 aliphatic rings. The van der Waals surface area contributed by atoms with Crippen molar-refractivity contribution in [1.29, 1.82) is 0 Å². The molecule has 0 unspecified atom stereocenters. The van der Waals surface area contributed by atoms with Gasteiger partial charge in [0.15, 0.2) is 0 Å². The molecule has 1 aromatic carbocycles. The van der Waals surface area contributed by atoms with Gasteiger partial charge in [0.05, 0.1) is 11.9 Å². The topological polar surface area (TPSA) is 81.2 Å². The van der Waals surface area contributed by atoms with Crippen LogP contribution < -0.4 is 10.5 Å². The van der Waals surface area contributed by atoms with Gasteiger partial charge in [-0.3, -0.25) is 14.5 Å². The number of benzene rings is 1. The van der Waals surface area contributed by atoms with Crippen molar-refractivity contribution >= 4 is 23.0 Å². The molecule has 0 atom stereocenters. The molecule has 1 amide bonds. The Morgan fingerprint density at radius 1 is 1.09 bits per heavy atom. The summed E-state index contributed by atoms with van der Waals surface area (Å²) >= 11 is 0. The predicted molar refractivity (Wildman–Crippen MR) is 83.6 cm³/mol. The highest BCUT2D eigenvalue weighted by Crippen LogP contribution is 2.22. The standard InChI is InChI=1S/C16H14N4O3/c21-13-8-4-5-9-19(13)16-18-14(22)12-10-17-20(15(12)23-16)11-6-2-1-3-7-11/h1-3,6-7,10H,4-5,8-9H2. The lowest BCUT2D eigenvalue weighted by Gasteiger charge is -2.23. The normalized spacial score (nSPS) is 15.3. The lowest BCUT2D eigenvalue weighted by Crippen LogP contribution is -2.36. The lowest BCUT2D eigenvalue weighted by molar-refractivity contribution is -0.119. The lowest BCUT2D eigenvalue weighted by atomic mass is 10.1. The Morgan fingerprint density at radius 2 is 1.91 bits per heavy atom. The van der Waals surface area contributed by atoms with Gasteiger partial charge in [0, 0.05) is 13.0 Å². The summed E-state index contributed by atoms with van der Waals surface area (Å²) in [5, 5.41) is 4.50. The summed E-state index contributed by atoms with van der Waals surface area (Å²) in [6.45, 7) is 0.514. The van der Waals surface area contributed by atoms with E-state index in [0.717, 1.165) is 18.5 Å². The van der Waals surface area contributed by atoms with Gasteiger partial charge in [-0.2, -0.15) is 14.8 Å². The van der Waals surface area contributed by atoms with E-state index in [1.807, 2.05) is 30.3 Å². The number of aromatic nitrogens is 3. The molecular formula is C16H14N4O3. The summed E-state index contributed by atoms with van der Waals surface area (Å²) in [5.74, 6) is -0.0722. The fourth-order valence-electron chi connectivity index (χ4n) is 2.72. The highest BCUT2D eigenvalue weighted by Gasteiger charge is 2.25. The van der Waals surface area contributed by atoms with Crippen LogP contribution in [-0.2, 0) is 4.79 Å². The number of piperidine rings is 1. The second kappa shape index (κ2) is 5.35. The van der Waals surface area contributed by atoms with Gasteiger partial charge >= 0.3 is 6.01 Å². The number of hydrogen-bond donors (Lipinski definition) is 0. The van der Waals surface area contributed by atoms with Crippen LogP contribution in [0.4, 0.5) is 6.01 Å². The molecule has 2 aromatic heterocycles. The van der Waals surface area contributed by atoms with Crippen LogP contribution >= 0.6 is 0 Å². The van der Waals surface area contributed by atoms with Gasteiger partial charge in [0.2, 0.25) is 11.6 Å². The third kappa shape index (κ3) is 2.30. The molecule has 116 valence electrons. The van der Waals surface area contributed by atoms with Crippen molar-refractivity contribution < 1.29 is 9.21 Å². The third-order valence-electron chi connectivity index (χ3n) is 3.90. The van der Waals surface area contributed by atoms with Gasteiger partial charge in [0.25, 0.3) is 5.56 Å². The first-order valence-electron chi connectivity index (χ1n) is 7.49. The quantitative estimate of drug-likeness (QED) is 0.722. The van der Waals surface area contributed by atoms with Crippen molar-refractivity contribution in [3.63, 3.8) is 0 Å². The number of anilines is 1. The second-order valence-electron chi connectivity index (χ2n) is 5.41. The fraction of sp³-hybridized carbons (Fsp3) is 0.250. The predicted octanol–water partition coefficient (Wildman–Crippen LogP) is 1.89. The summed E-state index contributed by atoms with van der Waals surface area (Å²) < 4.78 is 7.31. The molecule has 0 aliphatic carbocycles. The minimum Gasteiger partial charge on any atom is -0.405 e. The first kappa shape index (κ1) is 13.7. The van der Waals surface area contributed by atoms with Crippen LogP contribution in [0.2, 0.25) is 0 Å². The van der Waals surface area contributed by atoms with Crippen molar-refractivity contribution in [2.75, 3.05) is 11.4 Å². The van der Waals surface area contributed by atoms with Gasteiger partial charge in [-0.1, -0.05) is 18.2 Å². The van der Waals surface area contributed by atoms with E-state index >= 15 is 0 Å². The van der Waals surface area contributed by atoms with Crippen molar-refractivity contribution in [2.45, 2.75) is 19.3 Å². The average Bonchev–Trinajstić information content (AvgIpc) is 3.00. The minimum atomic E-state index is -0.443. The number of para-hydroxylation sites is 1. The highest BCUT2D eigenvalue weighted by atomic mass is 16.4. The molecule has 3 aromatic rings. The van der Waals surface area contributed by atoms with Crippen LogP contribution in [-0.4, -0.2) is 27.2 Å².